The second-order valence-electron chi connectivity index (χ2n) is 4.64. The minimum Gasteiger partial charge on any atom is -0.387 e. The van der Waals surface area contributed by atoms with Crippen LogP contribution in [0.2, 0.25) is 0 Å². The highest BCUT2D eigenvalue weighted by molar-refractivity contribution is 6.27. The van der Waals surface area contributed by atoms with Crippen molar-refractivity contribution in [2.24, 2.45) is 0 Å². The third kappa shape index (κ3) is 4.18. The topological polar surface area (TPSA) is 83.7 Å². The largest absolute Gasteiger partial charge is 0.387 e. The van der Waals surface area contributed by atoms with Gasteiger partial charge < -0.3 is 10.0 Å². The summed E-state index contributed by atoms with van der Waals surface area (Å²) >= 11 is 5.53. The van der Waals surface area contributed by atoms with Crippen LogP contribution in [-0.2, 0) is 4.79 Å². The van der Waals surface area contributed by atoms with Gasteiger partial charge in [0.05, 0.1) is 17.6 Å². The fourth-order valence-corrected chi connectivity index (χ4v) is 1.94. The summed E-state index contributed by atoms with van der Waals surface area (Å²) in [7, 11) is 0. The number of aliphatic hydroxyl groups excluding tert-OH is 1. The molecule has 0 saturated heterocycles. The Morgan fingerprint density at radius 3 is 2.35 bits per heavy atom. The molecule has 1 rings (SSSR count). The number of alkyl halides is 1. The Labute approximate surface area is 122 Å². The molecule has 0 aliphatic heterocycles. The number of amides is 1. The van der Waals surface area contributed by atoms with Crippen LogP contribution in [0.5, 0.6) is 0 Å². The molecule has 0 radical (unpaired) electrons. The molecule has 20 heavy (non-hydrogen) atoms. The quantitative estimate of drug-likeness (QED) is 0.495. The van der Waals surface area contributed by atoms with E-state index < -0.39 is 11.0 Å². The molecular weight excluding hydrogens is 284 g/mol. The van der Waals surface area contributed by atoms with Gasteiger partial charge in [-0.3, -0.25) is 14.9 Å². The number of hydrogen-bond acceptors (Lipinski definition) is 4. The summed E-state index contributed by atoms with van der Waals surface area (Å²) in [6.07, 6.45) is -0.912. The van der Waals surface area contributed by atoms with Crippen LogP contribution in [-0.4, -0.2) is 39.3 Å². The maximum Gasteiger partial charge on any atom is 0.269 e. The van der Waals surface area contributed by atoms with E-state index >= 15 is 0 Å². The van der Waals surface area contributed by atoms with E-state index in [1.54, 1.807) is 0 Å². The van der Waals surface area contributed by atoms with Gasteiger partial charge >= 0.3 is 0 Å². The summed E-state index contributed by atoms with van der Waals surface area (Å²) in [5, 5.41) is 20.7. The van der Waals surface area contributed by atoms with E-state index in [2.05, 4.69) is 0 Å². The Morgan fingerprint density at radius 2 is 1.95 bits per heavy atom. The van der Waals surface area contributed by atoms with Crippen LogP contribution in [0.25, 0.3) is 0 Å². The van der Waals surface area contributed by atoms with Crippen LogP contribution < -0.4 is 0 Å². The molecule has 0 aliphatic carbocycles. The standard InChI is InChI=1S/C13H17ClN2O4/c1-9(2)15(13(18)7-14)8-12(17)10-3-5-11(6-4-10)16(19)20/h3-6,9,12,17H,7-8H2,1-2H3/t12-/m1/s1. The monoisotopic (exact) mass is 300 g/mol. The molecule has 0 heterocycles. The van der Waals surface area contributed by atoms with Gasteiger partial charge in [-0.25, -0.2) is 0 Å². The Kier molecular flexibility index (Phi) is 5.91. The first-order valence-corrected chi connectivity index (χ1v) is 6.68. The fraction of sp³-hybridized carbons (Fsp3) is 0.462. The van der Waals surface area contributed by atoms with Gasteiger partial charge in [0.15, 0.2) is 0 Å². The first kappa shape index (κ1) is 16.4. The van der Waals surface area contributed by atoms with Crippen LogP contribution in [0.15, 0.2) is 24.3 Å². The van der Waals surface area contributed by atoms with Gasteiger partial charge in [-0.05, 0) is 31.5 Å². The molecule has 1 aromatic rings. The Balaban J connectivity index is 2.80. The Morgan fingerprint density at radius 1 is 1.40 bits per heavy atom. The minimum atomic E-state index is -0.912. The third-order valence-corrected chi connectivity index (χ3v) is 3.14. The normalized spacial score (nSPS) is 12.2. The van der Waals surface area contributed by atoms with Crippen molar-refractivity contribution in [3.05, 3.63) is 39.9 Å². The van der Waals surface area contributed by atoms with E-state index in [-0.39, 0.29) is 30.1 Å². The molecule has 0 aliphatic rings. The number of nitrogens with zero attached hydrogens (tertiary/aromatic N) is 2. The lowest BCUT2D eigenvalue weighted by Crippen LogP contribution is -2.40. The molecule has 0 bridgehead atoms. The predicted octanol–water partition coefficient (Wildman–Crippen LogP) is 2.10. The lowest BCUT2D eigenvalue weighted by molar-refractivity contribution is -0.384. The van der Waals surface area contributed by atoms with Gasteiger partial charge in [-0.1, -0.05) is 0 Å². The number of rotatable bonds is 6. The molecule has 0 saturated carbocycles. The molecule has 1 N–H and O–H groups in total. The molecule has 0 aromatic heterocycles. The van der Waals surface area contributed by atoms with Crippen molar-refractivity contribution in [3.63, 3.8) is 0 Å². The molecule has 0 fully saturated rings. The van der Waals surface area contributed by atoms with E-state index in [4.69, 9.17) is 11.6 Å². The SMILES string of the molecule is CC(C)N(C[C@@H](O)c1ccc([N+](=O)[O-])cc1)C(=O)CCl. The van der Waals surface area contributed by atoms with Crippen LogP contribution in [0.4, 0.5) is 5.69 Å². The van der Waals surface area contributed by atoms with E-state index in [1.165, 1.54) is 29.2 Å². The molecule has 0 spiro atoms. The van der Waals surface area contributed by atoms with E-state index in [1.807, 2.05) is 13.8 Å². The third-order valence-electron chi connectivity index (χ3n) is 2.92. The number of aliphatic hydroxyl groups is 1. The molecule has 7 heteroatoms. The number of nitro groups is 1. The zero-order valence-corrected chi connectivity index (χ0v) is 12.1. The highest BCUT2D eigenvalue weighted by atomic mass is 35.5. The van der Waals surface area contributed by atoms with Crippen LogP contribution in [0, 0.1) is 10.1 Å². The maximum atomic E-state index is 11.7. The maximum absolute atomic E-state index is 11.7. The second kappa shape index (κ2) is 7.21. The van der Waals surface area contributed by atoms with Crippen LogP contribution in [0.3, 0.4) is 0 Å². The summed E-state index contributed by atoms with van der Waals surface area (Å²) in [6.45, 7) is 3.75. The number of nitro benzene ring substituents is 1. The second-order valence-corrected chi connectivity index (χ2v) is 4.91. The van der Waals surface area contributed by atoms with Crippen molar-refractivity contribution < 1.29 is 14.8 Å². The van der Waals surface area contributed by atoms with Crippen molar-refractivity contribution in [3.8, 4) is 0 Å². The average Bonchev–Trinajstić information content (AvgIpc) is 2.43. The number of hydrogen-bond donors (Lipinski definition) is 1. The molecule has 110 valence electrons. The Bertz CT molecular complexity index is 476. The summed E-state index contributed by atoms with van der Waals surface area (Å²) in [5.41, 5.74) is 0.474. The highest BCUT2D eigenvalue weighted by Crippen LogP contribution is 2.19. The zero-order valence-electron chi connectivity index (χ0n) is 11.3. The molecular formula is C13H17ClN2O4. The van der Waals surface area contributed by atoms with Gasteiger partial charge in [0.1, 0.15) is 5.88 Å². The van der Waals surface area contributed by atoms with Crippen molar-refractivity contribution in [1.29, 1.82) is 0 Å². The Hall–Kier alpha value is -1.66. The number of halogens is 1. The van der Waals surface area contributed by atoms with Crippen molar-refractivity contribution in [1.82, 2.24) is 4.90 Å². The van der Waals surface area contributed by atoms with E-state index in [0.717, 1.165) is 0 Å². The first-order chi connectivity index (χ1) is 9.36. The summed E-state index contributed by atoms with van der Waals surface area (Å²) in [5.74, 6) is -0.409. The molecule has 1 amide bonds. The van der Waals surface area contributed by atoms with Gasteiger partial charge in [0.2, 0.25) is 5.91 Å². The summed E-state index contributed by atoms with van der Waals surface area (Å²) < 4.78 is 0. The van der Waals surface area contributed by atoms with Crippen LogP contribution in [0.1, 0.15) is 25.5 Å². The number of carbonyl (C=O) groups excluding carboxylic acids is 1. The predicted molar refractivity (Wildman–Crippen MR) is 75.6 cm³/mol. The number of carbonyl (C=O) groups is 1. The first-order valence-electron chi connectivity index (χ1n) is 6.14. The van der Waals surface area contributed by atoms with Crippen molar-refractivity contribution in [2.45, 2.75) is 26.0 Å². The lowest BCUT2D eigenvalue weighted by Gasteiger charge is -2.28. The molecule has 1 atom stereocenters. The van der Waals surface area contributed by atoms with Gasteiger partial charge in [0.25, 0.3) is 5.69 Å². The summed E-state index contributed by atoms with van der Waals surface area (Å²) in [6, 6.07) is 5.51. The molecule has 1 aromatic carbocycles. The van der Waals surface area contributed by atoms with Gasteiger partial charge in [-0.2, -0.15) is 0 Å². The van der Waals surface area contributed by atoms with Gasteiger partial charge in [0, 0.05) is 18.2 Å². The zero-order chi connectivity index (χ0) is 15.3. The van der Waals surface area contributed by atoms with E-state index in [0.29, 0.717) is 5.56 Å². The van der Waals surface area contributed by atoms with Crippen molar-refractivity contribution >= 4 is 23.2 Å². The van der Waals surface area contributed by atoms with Crippen LogP contribution >= 0.6 is 11.6 Å². The highest BCUT2D eigenvalue weighted by Gasteiger charge is 2.20. The fourth-order valence-electron chi connectivity index (χ4n) is 1.79. The lowest BCUT2D eigenvalue weighted by atomic mass is 10.1. The smallest absolute Gasteiger partial charge is 0.269 e. The number of non-ortho nitro benzene ring substituents is 1. The van der Waals surface area contributed by atoms with E-state index in [9.17, 15) is 20.0 Å². The van der Waals surface area contributed by atoms with Gasteiger partial charge in [-0.15, -0.1) is 11.6 Å². The minimum absolute atomic E-state index is 0.0431. The molecule has 6 nitrogen and oxygen atoms in total. The molecule has 0 unspecified atom stereocenters. The summed E-state index contributed by atoms with van der Waals surface area (Å²) in [4.78, 5) is 23.2. The average molecular weight is 301 g/mol. The number of benzene rings is 1. The van der Waals surface area contributed by atoms with Crippen molar-refractivity contribution in [2.75, 3.05) is 12.4 Å².